The van der Waals surface area contributed by atoms with Gasteiger partial charge in [0, 0.05) is 6.42 Å². The second-order valence-electron chi connectivity index (χ2n) is 8.61. The molecule has 0 aliphatic heterocycles. The van der Waals surface area contributed by atoms with Crippen LogP contribution in [0.15, 0.2) is 71.6 Å². The first-order valence-electron chi connectivity index (χ1n) is 10.6. The molecule has 178 valence electrons. The molecule has 0 unspecified atom stereocenters. The molecule has 34 heavy (non-hydrogen) atoms. The summed E-state index contributed by atoms with van der Waals surface area (Å²) in [5.74, 6) is 0.704. The quantitative estimate of drug-likeness (QED) is 0.374. The highest BCUT2D eigenvalue weighted by molar-refractivity contribution is 7.92. The number of halogens is 3. The SMILES string of the molecule is CC(C)(O)c1ccccc1-c1ccc2nc(CCc3ccc(S(=O)(=O)C(F)(F)F)cc3)[nH]c2c1. The lowest BCUT2D eigenvalue weighted by atomic mass is 9.89. The smallest absolute Gasteiger partial charge is 0.386 e. The summed E-state index contributed by atoms with van der Waals surface area (Å²) >= 11 is 0. The molecule has 0 aliphatic carbocycles. The molecule has 0 aliphatic rings. The fraction of sp³-hybridized carbons (Fsp3) is 0.240. The first-order valence-corrected chi connectivity index (χ1v) is 12.1. The third kappa shape index (κ3) is 4.71. The van der Waals surface area contributed by atoms with E-state index in [1.165, 1.54) is 12.1 Å². The molecule has 0 saturated carbocycles. The highest BCUT2D eigenvalue weighted by atomic mass is 32.2. The molecule has 4 aromatic rings. The van der Waals surface area contributed by atoms with Gasteiger partial charge in [0.15, 0.2) is 0 Å². The number of H-pyrrole nitrogens is 1. The number of alkyl halides is 3. The topological polar surface area (TPSA) is 83.1 Å². The fourth-order valence-corrected chi connectivity index (χ4v) is 4.61. The van der Waals surface area contributed by atoms with E-state index >= 15 is 0 Å². The van der Waals surface area contributed by atoms with Crippen LogP contribution in [0.1, 0.15) is 30.8 Å². The maximum atomic E-state index is 12.7. The number of aromatic nitrogens is 2. The number of aliphatic hydroxyl groups is 1. The first kappa shape index (κ1) is 24.0. The predicted octanol–water partition coefficient (Wildman–Crippen LogP) is 5.54. The highest BCUT2D eigenvalue weighted by Gasteiger charge is 2.46. The molecule has 0 bridgehead atoms. The number of aryl methyl sites for hydroxylation is 2. The largest absolute Gasteiger partial charge is 0.501 e. The van der Waals surface area contributed by atoms with Gasteiger partial charge in [-0.3, -0.25) is 0 Å². The summed E-state index contributed by atoms with van der Waals surface area (Å²) in [6.45, 7) is 3.48. The van der Waals surface area contributed by atoms with Gasteiger partial charge < -0.3 is 10.1 Å². The van der Waals surface area contributed by atoms with Crippen molar-refractivity contribution in [2.75, 3.05) is 0 Å². The Morgan fingerprint density at radius 2 is 1.62 bits per heavy atom. The Kier molecular flexibility index (Phi) is 6.03. The summed E-state index contributed by atoms with van der Waals surface area (Å²) in [7, 11) is -5.35. The van der Waals surface area contributed by atoms with Gasteiger partial charge in [-0.1, -0.05) is 42.5 Å². The van der Waals surface area contributed by atoms with E-state index in [0.29, 0.717) is 24.2 Å². The van der Waals surface area contributed by atoms with Gasteiger partial charge in [-0.2, -0.15) is 13.2 Å². The third-order valence-electron chi connectivity index (χ3n) is 5.62. The minimum atomic E-state index is -5.35. The van der Waals surface area contributed by atoms with Gasteiger partial charge in [0.25, 0.3) is 9.84 Å². The van der Waals surface area contributed by atoms with Crippen molar-refractivity contribution in [3.63, 3.8) is 0 Å². The van der Waals surface area contributed by atoms with Crippen LogP contribution in [0.2, 0.25) is 0 Å². The third-order valence-corrected chi connectivity index (χ3v) is 7.12. The number of hydrogen-bond acceptors (Lipinski definition) is 4. The Morgan fingerprint density at radius 1 is 0.941 bits per heavy atom. The van der Waals surface area contributed by atoms with Crippen molar-refractivity contribution >= 4 is 20.9 Å². The van der Waals surface area contributed by atoms with Gasteiger partial charge in [0.2, 0.25) is 0 Å². The molecule has 0 atom stereocenters. The molecule has 4 rings (SSSR count). The molecule has 9 heteroatoms. The standard InChI is InChI=1S/C25H23F3N2O3S/c1-24(2,31)20-6-4-3-5-19(20)17-10-13-21-22(15-17)30-23(29-21)14-9-16-7-11-18(12-8-16)34(32,33)25(26,27)28/h3-8,10-13,15,31H,9,14H2,1-2H3,(H,29,30). The monoisotopic (exact) mass is 488 g/mol. The zero-order valence-electron chi connectivity index (χ0n) is 18.5. The van der Waals surface area contributed by atoms with E-state index in [9.17, 15) is 26.7 Å². The Bertz CT molecular complexity index is 1440. The van der Waals surface area contributed by atoms with Crippen molar-refractivity contribution < 1.29 is 26.7 Å². The minimum Gasteiger partial charge on any atom is -0.386 e. The highest BCUT2D eigenvalue weighted by Crippen LogP contribution is 2.33. The van der Waals surface area contributed by atoms with Crippen LogP contribution < -0.4 is 0 Å². The second kappa shape index (κ2) is 8.56. The van der Waals surface area contributed by atoms with Crippen LogP contribution in [0.5, 0.6) is 0 Å². The number of aromatic amines is 1. The van der Waals surface area contributed by atoms with E-state index in [2.05, 4.69) is 9.97 Å². The van der Waals surface area contributed by atoms with Crippen molar-refractivity contribution in [1.82, 2.24) is 9.97 Å². The lowest BCUT2D eigenvalue weighted by Crippen LogP contribution is -2.23. The van der Waals surface area contributed by atoms with Crippen LogP contribution >= 0.6 is 0 Å². The van der Waals surface area contributed by atoms with E-state index in [0.717, 1.165) is 39.9 Å². The van der Waals surface area contributed by atoms with Crippen LogP contribution in [0.25, 0.3) is 22.2 Å². The molecule has 5 nitrogen and oxygen atoms in total. The molecule has 0 radical (unpaired) electrons. The molecule has 2 N–H and O–H groups in total. The normalized spacial score (nSPS) is 12.9. The zero-order chi connectivity index (χ0) is 24.7. The maximum Gasteiger partial charge on any atom is 0.501 e. The van der Waals surface area contributed by atoms with E-state index in [1.54, 1.807) is 13.8 Å². The molecular formula is C25H23F3N2O3S. The molecule has 0 saturated heterocycles. The number of fused-ring (bicyclic) bond motifs is 1. The Labute approximate surface area is 195 Å². The summed E-state index contributed by atoms with van der Waals surface area (Å²) in [4.78, 5) is 7.07. The molecular weight excluding hydrogens is 465 g/mol. The van der Waals surface area contributed by atoms with E-state index < -0.39 is 25.8 Å². The number of sulfone groups is 1. The summed E-state index contributed by atoms with van der Waals surface area (Å²) in [6, 6.07) is 18.2. The van der Waals surface area contributed by atoms with Crippen molar-refractivity contribution in [1.29, 1.82) is 0 Å². The number of imidazole rings is 1. The molecule has 1 heterocycles. The van der Waals surface area contributed by atoms with Crippen LogP contribution in [0.3, 0.4) is 0 Å². The number of nitrogens with zero attached hydrogens (tertiary/aromatic N) is 1. The lowest BCUT2D eigenvalue weighted by molar-refractivity contribution is -0.0436. The van der Waals surface area contributed by atoms with E-state index in [-0.39, 0.29) is 0 Å². The number of nitrogens with one attached hydrogen (secondary N) is 1. The Balaban J connectivity index is 1.53. The van der Waals surface area contributed by atoms with Crippen LogP contribution in [-0.2, 0) is 28.3 Å². The van der Waals surface area contributed by atoms with Gasteiger partial charge in [-0.15, -0.1) is 0 Å². The van der Waals surface area contributed by atoms with E-state index in [4.69, 9.17) is 0 Å². The van der Waals surface area contributed by atoms with Gasteiger partial charge in [0.05, 0.1) is 21.5 Å². The lowest BCUT2D eigenvalue weighted by Gasteiger charge is -2.21. The van der Waals surface area contributed by atoms with Crippen molar-refractivity contribution in [3.8, 4) is 11.1 Å². The number of hydrogen-bond donors (Lipinski definition) is 2. The summed E-state index contributed by atoms with van der Waals surface area (Å²) in [5, 5.41) is 10.5. The molecule has 0 amide bonds. The Morgan fingerprint density at radius 3 is 2.26 bits per heavy atom. The van der Waals surface area contributed by atoms with E-state index in [1.807, 2.05) is 42.5 Å². The van der Waals surface area contributed by atoms with Gasteiger partial charge in [-0.25, -0.2) is 13.4 Å². The maximum absolute atomic E-state index is 12.7. The second-order valence-corrected chi connectivity index (χ2v) is 10.6. The Hall–Kier alpha value is -3.17. The molecule has 3 aromatic carbocycles. The molecule has 0 spiro atoms. The van der Waals surface area contributed by atoms with Crippen LogP contribution in [-0.4, -0.2) is 29.0 Å². The van der Waals surface area contributed by atoms with Gasteiger partial charge in [0.1, 0.15) is 5.82 Å². The average Bonchev–Trinajstić information content (AvgIpc) is 3.19. The van der Waals surface area contributed by atoms with Gasteiger partial charge >= 0.3 is 5.51 Å². The molecule has 0 fully saturated rings. The summed E-state index contributed by atoms with van der Waals surface area (Å²) < 4.78 is 61.1. The van der Waals surface area contributed by atoms with Crippen molar-refractivity contribution in [2.24, 2.45) is 0 Å². The first-order chi connectivity index (χ1) is 15.9. The average molecular weight is 489 g/mol. The molecule has 1 aromatic heterocycles. The van der Waals surface area contributed by atoms with Crippen molar-refractivity contribution in [2.45, 2.75) is 42.7 Å². The summed E-state index contributed by atoms with van der Waals surface area (Å²) in [6.07, 6.45) is 0.968. The van der Waals surface area contributed by atoms with Crippen LogP contribution in [0, 0.1) is 0 Å². The minimum absolute atomic E-state index is 0.473. The zero-order valence-corrected chi connectivity index (χ0v) is 19.3. The summed E-state index contributed by atoms with van der Waals surface area (Å²) in [5.41, 5.74) is -1.37. The van der Waals surface area contributed by atoms with Crippen LogP contribution in [0.4, 0.5) is 13.2 Å². The van der Waals surface area contributed by atoms with Gasteiger partial charge in [-0.05, 0) is 66.8 Å². The fourth-order valence-electron chi connectivity index (χ4n) is 3.85. The number of benzene rings is 3. The number of rotatable bonds is 6. The predicted molar refractivity (Wildman–Crippen MR) is 124 cm³/mol. The van der Waals surface area contributed by atoms with Crippen molar-refractivity contribution in [3.05, 3.63) is 83.7 Å².